The first-order valence-electron chi connectivity index (χ1n) is 10.2. The minimum absolute atomic E-state index is 0.114. The molecule has 6 heteroatoms. The van der Waals surface area contributed by atoms with Gasteiger partial charge in [0, 0.05) is 5.56 Å². The lowest BCUT2D eigenvalue weighted by Crippen LogP contribution is -2.37. The van der Waals surface area contributed by atoms with Crippen LogP contribution in [0.15, 0.2) is 42.0 Å². The third kappa shape index (κ3) is 3.68. The number of ketones is 1. The van der Waals surface area contributed by atoms with Crippen molar-refractivity contribution in [3.8, 4) is 23.0 Å². The molecule has 3 N–H and O–H groups in total. The van der Waals surface area contributed by atoms with Gasteiger partial charge >= 0.3 is 0 Å². The molecule has 0 saturated heterocycles. The van der Waals surface area contributed by atoms with Crippen LogP contribution in [0.2, 0.25) is 0 Å². The van der Waals surface area contributed by atoms with Crippen LogP contribution in [0, 0.1) is 0 Å². The number of phenols is 2. The molecule has 0 fully saturated rings. The van der Waals surface area contributed by atoms with E-state index in [1.54, 1.807) is 31.2 Å². The maximum atomic E-state index is 13.5. The topological polar surface area (TPSA) is 96.2 Å². The molecule has 2 aromatic rings. The number of allylic oxidation sites excluding steroid dienone is 2. The molecule has 0 aliphatic carbocycles. The first-order chi connectivity index (χ1) is 14.7. The number of aliphatic hydroxyl groups excluding tert-OH is 1. The third-order valence-corrected chi connectivity index (χ3v) is 5.73. The molecule has 162 valence electrons. The predicted molar refractivity (Wildman–Crippen MR) is 117 cm³/mol. The number of benzene rings is 2. The number of hydrogen-bond donors (Lipinski definition) is 3. The monoisotopic (exact) mass is 422 g/mol. The molecule has 0 bridgehead atoms. The van der Waals surface area contributed by atoms with Gasteiger partial charge in [-0.15, -0.1) is 0 Å². The van der Waals surface area contributed by atoms with Gasteiger partial charge in [0.1, 0.15) is 40.8 Å². The van der Waals surface area contributed by atoms with Crippen LogP contribution in [-0.2, 0) is 6.42 Å². The number of rotatable bonds is 4. The van der Waals surface area contributed by atoms with E-state index < -0.39 is 11.5 Å². The van der Waals surface area contributed by atoms with Crippen LogP contribution in [0.3, 0.4) is 0 Å². The van der Waals surface area contributed by atoms with Gasteiger partial charge in [0.15, 0.2) is 5.78 Å². The molecule has 2 atom stereocenters. The largest absolute Gasteiger partial charge is 0.508 e. The molecule has 0 amide bonds. The van der Waals surface area contributed by atoms with E-state index in [0.29, 0.717) is 34.6 Å². The Labute approximate surface area is 181 Å². The van der Waals surface area contributed by atoms with E-state index in [2.05, 4.69) is 0 Å². The summed E-state index contributed by atoms with van der Waals surface area (Å²) in [7, 11) is 0. The summed E-state index contributed by atoms with van der Waals surface area (Å²) in [6.07, 6.45) is 5.83. The molecule has 31 heavy (non-hydrogen) atoms. The summed E-state index contributed by atoms with van der Waals surface area (Å²) in [4.78, 5) is 13.5. The van der Waals surface area contributed by atoms with Crippen LogP contribution >= 0.6 is 0 Å². The standard InChI is InChI=1S/C25H26O6/c1-14(2)4-9-18-23-17(10-11-25(3,13-26)31-23)21(28)20-22(29)19(12-30-24(18)20)15-5-7-16(27)8-6-15/h4-8,10-11,19,26-28H,9,12-13H2,1-3H3. The SMILES string of the molecule is CC(C)=CCc1c2c(c(O)c3c1OCC(c1ccc(O)cc1)C3=O)C=CC(C)(CO)O2. The second kappa shape index (κ2) is 7.78. The van der Waals surface area contributed by atoms with Crippen LogP contribution < -0.4 is 9.47 Å². The number of aromatic hydroxyl groups is 2. The van der Waals surface area contributed by atoms with E-state index in [1.165, 1.54) is 12.1 Å². The van der Waals surface area contributed by atoms with Crippen molar-refractivity contribution in [2.24, 2.45) is 0 Å². The summed E-state index contributed by atoms with van der Waals surface area (Å²) in [5.74, 6) is -0.161. The molecular weight excluding hydrogens is 396 g/mol. The average Bonchev–Trinajstić information content (AvgIpc) is 2.74. The fourth-order valence-electron chi connectivity index (χ4n) is 3.90. The van der Waals surface area contributed by atoms with Crippen LogP contribution in [0.25, 0.3) is 6.08 Å². The number of phenolic OH excluding ortho intramolecular Hbond substituents is 2. The van der Waals surface area contributed by atoms with Gasteiger partial charge in [0.2, 0.25) is 0 Å². The van der Waals surface area contributed by atoms with E-state index in [-0.39, 0.29) is 36.1 Å². The summed E-state index contributed by atoms with van der Waals surface area (Å²) in [6, 6.07) is 6.41. The minimum Gasteiger partial charge on any atom is -0.508 e. The van der Waals surface area contributed by atoms with Crippen LogP contribution in [0.1, 0.15) is 53.7 Å². The number of carbonyl (C=O) groups excluding carboxylic acids is 1. The van der Waals surface area contributed by atoms with Crippen molar-refractivity contribution in [2.45, 2.75) is 38.7 Å². The maximum Gasteiger partial charge on any atom is 0.181 e. The molecule has 2 aliphatic rings. The lowest BCUT2D eigenvalue weighted by molar-refractivity contribution is 0.0623. The summed E-state index contributed by atoms with van der Waals surface area (Å²) >= 11 is 0. The van der Waals surface area contributed by atoms with E-state index in [9.17, 15) is 20.1 Å². The second-order valence-corrected chi connectivity index (χ2v) is 8.49. The Morgan fingerprint density at radius 3 is 2.55 bits per heavy atom. The van der Waals surface area contributed by atoms with Gasteiger partial charge in [0.05, 0.1) is 18.1 Å². The number of fused-ring (bicyclic) bond motifs is 2. The molecule has 2 aromatic carbocycles. The Bertz CT molecular complexity index is 1090. The first-order valence-corrected chi connectivity index (χ1v) is 10.2. The van der Waals surface area contributed by atoms with Crippen molar-refractivity contribution in [1.82, 2.24) is 0 Å². The summed E-state index contributed by atoms with van der Waals surface area (Å²) < 4.78 is 12.2. The lowest BCUT2D eigenvalue weighted by Gasteiger charge is -2.34. The van der Waals surface area contributed by atoms with Gasteiger partial charge in [-0.1, -0.05) is 23.8 Å². The minimum atomic E-state index is -0.930. The van der Waals surface area contributed by atoms with Crippen molar-refractivity contribution in [1.29, 1.82) is 0 Å². The van der Waals surface area contributed by atoms with Crippen molar-refractivity contribution < 1.29 is 29.6 Å². The van der Waals surface area contributed by atoms with E-state index >= 15 is 0 Å². The van der Waals surface area contributed by atoms with Gasteiger partial charge in [-0.3, -0.25) is 4.79 Å². The first kappa shape index (κ1) is 21.0. The molecule has 2 heterocycles. The smallest absolute Gasteiger partial charge is 0.181 e. The predicted octanol–water partition coefficient (Wildman–Crippen LogP) is 4.12. The molecule has 0 spiro atoms. The molecule has 2 aliphatic heterocycles. The zero-order chi connectivity index (χ0) is 22.3. The number of carbonyl (C=O) groups is 1. The Balaban J connectivity index is 1.88. The summed E-state index contributed by atoms with van der Waals surface area (Å²) in [5, 5.41) is 30.4. The molecule has 2 unspecified atom stereocenters. The second-order valence-electron chi connectivity index (χ2n) is 8.49. The maximum absolute atomic E-state index is 13.5. The molecule has 6 nitrogen and oxygen atoms in total. The highest BCUT2D eigenvalue weighted by Crippen LogP contribution is 2.50. The Morgan fingerprint density at radius 1 is 1.19 bits per heavy atom. The molecule has 0 radical (unpaired) electrons. The number of aliphatic hydroxyl groups is 1. The van der Waals surface area contributed by atoms with Gasteiger partial charge < -0.3 is 24.8 Å². The summed E-state index contributed by atoms with van der Waals surface area (Å²) in [6.45, 7) is 5.59. The Hall–Kier alpha value is -3.25. The highest BCUT2D eigenvalue weighted by molar-refractivity contribution is 6.08. The zero-order valence-corrected chi connectivity index (χ0v) is 17.8. The molecule has 0 saturated carbocycles. The number of hydrogen-bond acceptors (Lipinski definition) is 6. The fourth-order valence-corrected chi connectivity index (χ4v) is 3.90. The van der Waals surface area contributed by atoms with Gasteiger partial charge in [-0.05, 0) is 57.0 Å². The van der Waals surface area contributed by atoms with Gasteiger partial charge in [0.25, 0.3) is 0 Å². The Morgan fingerprint density at radius 2 is 1.90 bits per heavy atom. The van der Waals surface area contributed by atoms with E-state index in [4.69, 9.17) is 9.47 Å². The molecule has 0 aromatic heterocycles. The van der Waals surface area contributed by atoms with Gasteiger partial charge in [-0.2, -0.15) is 0 Å². The van der Waals surface area contributed by atoms with Crippen LogP contribution in [0.4, 0.5) is 0 Å². The molecule has 4 rings (SSSR count). The number of ether oxygens (including phenoxy) is 2. The third-order valence-electron chi connectivity index (χ3n) is 5.73. The van der Waals surface area contributed by atoms with Crippen molar-refractivity contribution in [3.63, 3.8) is 0 Å². The Kier molecular flexibility index (Phi) is 5.27. The van der Waals surface area contributed by atoms with E-state index in [1.807, 2.05) is 19.9 Å². The molecular formula is C25H26O6. The van der Waals surface area contributed by atoms with Crippen molar-refractivity contribution in [2.75, 3.05) is 13.2 Å². The van der Waals surface area contributed by atoms with Crippen LogP contribution in [0.5, 0.6) is 23.0 Å². The quantitative estimate of drug-likeness (QED) is 0.642. The average molecular weight is 422 g/mol. The van der Waals surface area contributed by atoms with Gasteiger partial charge in [-0.25, -0.2) is 0 Å². The highest BCUT2D eigenvalue weighted by atomic mass is 16.5. The zero-order valence-electron chi connectivity index (χ0n) is 17.8. The van der Waals surface area contributed by atoms with Crippen molar-refractivity contribution >= 4 is 11.9 Å². The lowest BCUT2D eigenvalue weighted by atomic mass is 9.84. The normalized spacial score (nSPS) is 21.5. The van der Waals surface area contributed by atoms with Crippen molar-refractivity contribution in [3.05, 3.63) is 64.2 Å². The highest BCUT2D eigenvalue weighted by Gasteiger charge is 2.39. The van der Waals surface area contributed by atoms with E-state index in [0.717, 1.165) is 5.57 Å². The fraction of sp³-hybridized carbons (Fsp3) is 0.320. The number of Topliss-reactive ketones (excluding diaryl/α,β-unsaturated/α-hetero) is 1. The summed E-state index contributed by atoms with van der Waals surface area (Å²) in [5.41, 5.74) is 2.09. The van der Waals surface area contributed by atoms with Crippen LogP contribution in [-0.4, -0.2) is 39.9 Å².